The summed E-state index contributed by atoms with van der Waals surface area (Å²) in [5.74, 6) is 0.178. The maximum absolute atomic E-state index is 12.2. The molecule has 5 nitrogen and oxygen atoms in total. The number of carbonyl (C=O) groups excluding carboxylic acids is 2. The molecule has 0 aliphatic carbocycles. The lowest BCUT2D eigenvalue weighted by atomic mass is 10.1. The molecule has 0 saturated carbocycles. The Morgan fingerprint density at radius 3 is 1.97 bits per heavy atom. The Morgan fingerprint density at radius 2 is 1.33 bits per heavy atom. The smallest absolute Gasteiger partial charge is 0.343 e. The number of esters is 2. The molecule has 0 aromatic heterocycles. The van der Waals surface area contributed by atoms with Crippen molar-refractivity contribution in [3.63, 3.8) is 0 Å². The molecule has 0 spiro atoms. The van der Waals surface area contributed by atoms with Gasteiger partial charge in [-0.1, -0.05) is 30.3 Å². The molecule has 0 bridgehead atoms. The first-order valence-corrected chi connectivity index (χ1v) is 9.92. The zero-order chi connectivity index (χ0) is 21.2. The van der Waals surface area contributed by atoms with Crippen molar-refractivity contribution in [2.24, 2.45) is 0 Å². The summed E-state index contributed by atoms with van der Waals surface area (Å²) < 4.78 is 16.0. The third-order valence-corrected chi connectivity index (χ3v) is 4.39. The summed E-state index contributed by atoms with van der Waals surface area (Å²) in [6.07, 6.45) is 1.61. The summed E-state index contributed by atoms with van der Waals surface area (Å²) >= 11 is 0. The van der Waals surface area contributed by atoms with Gasteiger partial charge >= 0.3 is 11.9 Å². The van der Waals surface area contributed by atoms with E-state index in [0.29, 0.717) is 35.8 Å². The maximum Gasteiger partial charge on any atom is 0.343 e. The van der Waals surface area contributed by atoms with Crippen LogP contribution in [0.4, 0.5) is 0 Å². The maximum atomic E-state index is 12.2. The predicted molar refractivity (Wildman–Crippen MR) is 114 cm³/mol. The first-order valence-electron chi connectivity index (χ1n) is 9.92. The fourth-order valence-electron chi connectivity index (χ4n) is 2.85. The van der Waals surface area contributed by atoms with Gasteiger partial charge in [-0.2, -0.15) is 0 Å². The van der Waals surface area contributed by atoms with Crippen molar-refractivity contribution in [1.29, 1.82) is 0 Å². The van der Waals surface area contributed by atoms with Crippen LogP contribution >= 0.6 is 0 Å². The molecule has 0 unspecified atom stereocenters. The first-order chi connectivity index (χ1) is 14.7. The average Bonchev–Trinajstić information content (AvgIpc) is 2.78. The van der Waals surface area contributed by atoms with Gasteiger partial charge in [0.2, 0.25) is 0 Å². The van der Waals surface area contributed by atoms with Crippen LogP contribution in [0.2, 0.25) is 0 Å². The lowest BCUT2D eigenvalue weighted by Crippen LogP contribution is -2.09. The topological polar surface area (TPSA) is 61.8 Å². The van der Waals surface area contributed by atoms with Crippen LogP contribution < -0.4 is 9.47 Å². The zero-order valence-corrected chi connectivity index (χ0v) is 16.9. The van der Waals surface area contributed by atoms with Gasteiger partial charge in [0.15, 0.2) is 0 Å². The van der Waals surface area contributed by atoms with E-state index >= 15 is 0 Å². The Hall–Kier alpha value is -3.60. The molecule has 0 amide bonds. The van der Waals surface area contributed by atoms with Crippen molar-refractivity contribution >= 4 is 11.9 Å². The van der Waals surface area contributed by atoms with E-state index in [1.165, 1.54) is 5.56 Å². The Labute approximate surface area is 176 Å². The Balaban J connectivity index is 1.46. The highest BCUT2D eigenvalue weighted by atomic mass is 16.5. The molecule has 0 aliphatic rings. The highest BCUT2D eigenvalue weighted by Gasteiger charge is 2.11. The van der Waals surface area contributed by atoms with E-state index < -0.39 is 11.9 Å². The zero-order valence-electron chi connectivity index (χ0n) is 16.9. The van der Waals surface area contributed by atoms with E-state index in [9.17, 15) is 9.59 Å². The monoisotopic (exact) mass is 404 g/mol. The van der Waals surface area contributed by atoms with Crippen LogP contribution in [0.3, 0.4) is 0 Å². The van der Waals surface area contributed by atoms with E-state index in [0.717, 1.165) is 12.8 Å². The predicted octanol–water partition coefficient (Wildman–Crippen LogP) is 5.09. The summed E-state index contributed by atoms with van der Waals surface area (Å²) in [4.78, 5) is 24.4. The van der Waals surface area contributed by atoms with Crippen molar-refractivity contribution < 1.29 is 23.8 Å². The summed E-state index contributed by atoms with van der Waals surface area (Å²) in [5, 5.41) is 0. The summed E-state index contributed by atoms with van der Waals surface area (Å²) in [6.45, 7) is 2.81. The van der Waals surface area contributed by atoms with Crippen LogP contribution in [0.15, 0.2) is 78.9 Å². The van der Waals surface area contributed by atoms with E-state index in [4.69, 9.17) is 14.2 Å². The van der Waals surface area contributed by atoms with Crippen molar-refractivity contribution in [2.45, 2.75) is 19.8 Å². The van der Waals surface area contributed by atoms with Gasteiger partial charge in [0.1, 0.15) is 11.5 Å². The Kier molecular flexibility index (Phi) is 7.61. The third-order valence-electron chi connectivity index (χ3n) is 4.39. The fraction of sp³-hybridized carbons (Fsp3) is 0.200. The minimum absolute atomic E-state index is 0.349. The van der Waals surface area contributed by atoms with Crippen LogP contribution in [-0.2, 0) is 11.2 Å². The third kappa shape index (κ3) is 6.21. The lowest BCUT2D eigenvalue weighted by molar-refractivity contribution is 0.0500. The van der Waals surface area contributed by atoms with Gasteiger partial charge < -0.3 is 14.2 Å². The van der Waals surface area contributed by atoms with Crippen LogP contribution in [0, 0.1) is 0 Å². The second-order valence-corrected chi connectivity index (χ2v) is 6.60. The molecule has 30 heavy (non-hydrogen) atoms. The molecule has 0 heterocycles. The van der Waals surface area contributed by atoms with E-state index in [1.807, 2.05) is 25.1 Å². The second-order valence-electron chi connectivity index (χ2n) is 6.60. The number of hydrogen-bond donors (Lipinski definition) is 0. The highest BCUT2D eigenvalue weighted by Crippen LogP contribution is 2.17. The SMILES string of the molecule is CCOc1ccc(C(=O)Oc2ccc(C(=O)OCCCc3ccccc3)cc2)cc1. The minimum atomic E-state index is -0.478. The molecule has 0 fully saturated rings. The normalized spacial score (nSPS) is 10.3. The molecule has 0 atom stereocenters. The molecule has 3 aromatic carbocycles. The molecular formula is C25H24O5. The fourth-order valence-corrected chi connectivity index (χ4v) is 2.85. The van der Waals surface area contributed by atoms with Crippen molar-refractivity contribution in [1.82, 2.24) is 0 Å². The summed E-state index contributed by atoms with van der Waals surface area (Å²) in [6, 6.07) is 23.1. The van der Waals surface area contributed by atoms with E-state index in [2.05, 4.69) is 12.1 Å². The van der Waals surface area contributed by atoms with Gasteiger partial charge in [-0.25, -0.2) is 9.59 Å². The average molecular weight is 404 g/mol. The molecule has 0 radical (unpaired) electrons. The van der Waals surface area contributed by atoms with E-state index in [-0.39, 0.29) is 0 Å². The number of benzene rings is 3. The summed E-state index contributed by atoms with van der Waals surface area (Å²) in [5.41, 5.74) is 2.04. The largest absolute Gasteiger partial charge is 0.494 e. The van der Waals surface area contributed by atoms with Crippen molar-refractivity contribution in [3.05, 3.63) is 95.6 Å². The van der Waals surface area contributed by atoms with Crippen molar-refractivity contribution in [2.75, 3.05) is 13.2 Å². The number of carbonyl (C=O) groups is 2. The van der Waals surface area contributed by atoms with E-state index in [1.54, 1.807) is 48.5 Å². The summed E-state index contributed by atoms with van der Waals surface area (Å²) in [7, 11) is 0. The van der Waals surface area contributed by atoms with Crippen LogP contribution in [0.25, 0.3) is 0 Å². The second kappa shape index (κ2) is 10.8. The highest BCUT2D eigenvalue weighted by molar-refractivity contribution is 5.92. The number of rotatable bonds is 9. The van der Waals surface area contributed by atoms with Gasteiger partial charge in [-0.3, -0.25) is 0 Å². The van der Waals surface area contributed by atoms with Gasteiger partial charge in [-0.15, -0.1) is 0 Å². The lowest BCUT2D eigenvalue weighted by Gasteiger charge is -2.08. The number of aryl methyl sites for hydroxylation is 1. The standard InChI is InChI=1S/C25H24O5/c1-2-28-22-14-10-21(11-15-22)25(27)30-23-16-12-20(13-17-23)24(26)29-18-6-9-19-7-4-3-5-8-19/h3-5,7-8,10-17H,2,6,9,18H2,1H3. The molecule has 0 N–H and O–H groups in total. The van der Waals surface area contributed by atoms with Crippen LogP contribution in [0.5, 0.6) is 11.5 Å². The molecule has 154 valence electrons. The number of hydrogen-bond acceptors (Lipinski definition) is 5. The Morgan fingerprint density at radius 1 is 0.733 bits per heavy atom. The molecular weight excluding hydrogens is 380 g/mol. The van der Waals surface area contributed by atoms with Crippen LogP contribution in [0.1, 0.15) is 39.6 Å². The van der Waals surface area contributed by atoms with Gasteiger partial charge in [0, 0.05) is 0 Å². The van der Waals surface area contributed by atoms with Crippen LogP contribution in [-0.4, -0.2) is 25.2 Å². The van der Waals surface area contributed by atoms with Gasteiger partial charge in [-0.05, 0) is 73.9 Å². The first kappa shape index (κ1) is 21.1. The quantitative estimate of drug-likeness (QED) is 0.282. The Bertz CT molecular complexity index is 947. The molecule has 3 aromatic rings. The molecule has 3 rings (SSSR count). The molecule has 0 aliphatic heterocycles. The van der Waals surface area contributed by atoms with Gasteiger partial charge in [0.25, 0.3) is 0 Å². The minimum Gasteiger partial charge on any atom is -0.494 e. The van der Waals surface area contributed by atoms with Crippen molar-refractivity contribution in [3.8, 4) is 11.5 Å². The molecule has 5 heteroatoms. The van der Waals surface area contributed by atoms with Gasteiger partial charge in [0.05, 0.1) is 24.3 Å². The number of ether oxygens (including phenoxy) is 3. The molecule has 0 saturated heterocycles.